The number of rotatable bonds is 3. The number of anilines is 1. The van der Waals surface area contributed by atoms with Crippen molar-refractivity contribution in [2.24, 2.45) is 0 Å². The van der Waals surface area contributed by atoms with Crippen LogP contribution in [0, 0.1) is 6.92 Å². The Morgan fingerprint density at radius 3 is 3.11 bits per heavy atom. The molecule has 0 spiro atoms. The molecule has 1 unspecified atom stereocenters. The minimum absolute atomic E-state index is 0.254. The number of esters is 1. The van der Waals surface area contributed by atoms with E-state index in [4.69, 9.17) is 9.47 Å². The minimum Gasteiger partial charge on any atom is -0.464 e. The first kappa shape index (κ1) is 13.3. The topological polar surface area (TPSA) is 51.7 Å². The number of nitrogens with zero attached hydrogens (tertiary/aromatic N) is 2. The van der Waals surface area contributed by atoms with Crippen LogP contribution in [0.2, 0.25) is 0 Å². The number of ether oxygens (including phenoxy) is 2. The van der Waals surface area contributed by atoms with E-state index in [1.807, 2.05) is 6.92 Å². The van der Waals surface area contributed by atoms with Crippen LogP contribution in [-0.2, 0) is 9.47 Å². The Balaban J connectivity index is 2.16. The van der Waals surface area contributed by atoms with Gasteiger partial charge in [-0.25, -0.2) is 9.78 Å². The predicted molar refractivity (Wildman–Crippen MR) is 70.4 cm³/mol. The number of methoxy groups -OCH3 is 1. The van der Waals surface area contributed by atoms with Crippen molar-refractivity contribution in [1.82, 2.24) is 4.98 Å². The Morgan fingerprint density at radius 2 is 2.44 bits per heavy atom. The third-order valence-electron chi connectivity index (χ3n) is 3.03. The summed E-state index contributed by atoms with van der Waals surface area (Å²) in [6.45, 7) is 6.38. The number of aromatic nitrogens is 1. The van der Waals surface area contributed by atoms with E-state index in [-0.39, 0.29) is 12.1 Å². The molecule has 6 heteroatoms. The van der Waals surface area contributed by atoms with Crippen molar-refractivity contribution in [3.8, 4) is 0 Å². The van der Waals surface area contributed by atoms with E-state index >= 15 is 0 Å². The first-order chi connectivity index (χ1) is 8.65. The van der Waals surface area contributed by atoms with Gasteiger partial charge < -0.3 is 14.4 Å². The maximum Gasteiger partial charge on any atom is 0.357 e. The lowest BCUT2D eigenvalue weighted by molar-refractivity contribution is 0.0384. The zero-order valence-corrected chi connectivity index (χ0v) is 11.7. The van der Waals surface area contributed by atoms with E-state index in [2.05, 4.69) is 16.8 Å². The van der Waals surface area contributed by atoms with E-state index in [9.17, 15) is 4.79 Å². The molecule has 18 heavy (non-hydrogen) atoms. The van der Waals surface area contributed by atoms with Crippen LogP contribution in [-0.4, -0.2) is 43.9 Å². The average molecular weight is 270 g/mol. The van der Waals surface area contributed by atoms with Gasteiger partial charge in [0.15, 0.2) is 10.8 Å². The second-order valence-electron chi connectivity index (χ2n) is 4.24. The van der Waals surface area contributed by atoms with Crippen LogP contribution < -0.4 is 4.90 Å². The van der Waals surface area contributed by atoms with Gasteiger partial charge in [-0.05, 0) is 13.3 Å². The SMILES string of the molecule is CCC1CN(c2nc(C(=O)OC)c(C)s2)CCO1. The van der Waals surface area contributed by atoms with Crippen LogP contribution in [0.15, 0.2) is 0 Å². The van der Waals surface area contributed by atoms with Crippen molar-refractivity contribution in [1.29, 1.82) is 0 Å². The van der Waals surface area contributed by atoms with Crippen LogP contribution in [0.4, 0.5) is 5.13 Å². The summed E-state index contributed by atoms with van der Waals surface area (Å²) in [5, 5.41) is 0.884. The first-order valence-electron chi connectivity index (χ1n) is 6.08. The van der Waals surface area contributed by atoms with Crippen LogP contribution in [0.3, 0.4) is 0 Å². The largest absolute Gasteiger partial charge is 0.464 e. The van der Waals surface area contributed by atoms with Gasteiger partial charge in [-0.1, -0.05) is 6.92 Å². The molecule has 1 fully saturated rings. The summed E-state index contributed by atoms with van der Waals surface area (Å²) in [4.78, 5) is 19.0. The first-order valence-corrected chi connectivity index (χ1v) is 6.89. The number of hydrogen-bond acceptors (Lipinski definition) is 6. The fourth-order valence-electron chi connectivity index (χ4n) is 1.94. The zero-order valence-electron chi connectivity index (χ0n) is 10.9. The monoisotopic (exact) mass is 270 g/mol. The van der Waals surface area contributed by atoms with Crippen LogP contribution >= 0.6 is 11.3 Å². The molecule has 0 N–H and O–H groups in total. The average Bonchev–Trinajstić information content (AvgIpc) is 2.80. The Morgan fingerprint density at radius 1 is 1.67 bits per heavy atom. The van der Waals surface area contributed by atoms with Crippen LogP contribution in [0.25, 0.3) is 0 Å². The van der Waals surface area contributed by atoms with Gasteiger partial charge in [0.05, 0.1) is 19.8 Å². The summed E-state index contributed by atoms with van der Waals surface area (Å²) >= 11 is 1.54. The highest BCUT2D eigenvalue weighted by atomic mass is 32.1. The maximum atomic E-state index is 11.5. The van der Waals surface area contributed by atoms with Crippen molar-refractivity contribution >= 4 is 22.4 Å². The fraction of sp³-hybridized carbons (Fsp3) is 0.667. The molecule has 5 nitrogen and oxygen atoms in total. The quantitative estimate of drug-likeness (QED) is 0.785. The highest BCUT2D eigenvalue weighted by Gasteiger charge is 2.24. The maximum absolute atomic E-state index is 11.5. The Labute approximate surface area is 111 Å². The van der Waals surface area contributed by atoms with Gasteiger partial charge >= 0.3 is 5.97 Å². The molecule has 1 aliphatic heterocycles. The lowest BCUT2D eigenvalue weighted by atomic mass is 10.2. The summed E-state index contributed by atoms with van der Waals surface area (Å²) in [6, 6.07) is 0. The molecule has 2 rings (SSSR count). The third kappa shape index (κ3) is 2.64. The molecule has 1 atom stereocenters. The van der Waals surface area contributed by atoms with E-state index in [0.29, 0.717) is 12.3 Å². The van der Waals surface area contributed by atoms with Gasteiger partial charge in [-0.15, -0.1) is 11.3 Å². The fourth-order valence-corrected chi connectivity index (χ4v) is 2.88. The van der Waals surface area contributed by atoms with Gasteiger partial charge in [0.1, 0.15) is 0 Å². The lowest BCUT2D eigenvalue weighted by Crippen LogP contribution is -2.42. The molecule has 1 aromatic heterocycles. The van der Waals surface area contributed by atoms with Crippen molar-refractivity contribution in [3.05, 3.63) is 10.6 Å². The molecule has 100 valence electrons. The number of carbonyl (C=O) groups is 1. The van der Waals surface area contributed by atoms with Crippen LogP contribution in [0.1, 0.15) is 28.7 Å². The van der Waals surface area contributed by atoms with Gasteiger partial charge in [0, 0.05) is 18.0 Å². The van der Waals surface area contributed by atoms with Crippen molar-refractivity contribution in [2.75, 3.05) is 31.7 Å². The molecule has 0 saturated carbocycles. The Bertz CT molecular complexity index is 433. The Hall–Kier alpha value is -1.14. The van der Waals surface area contributed by atoms with Crippen molar-refractivity contribution in [2.45, 2.75) is 26.4 Å². The molecule has 1 aromatic rings. The molecule has 1 aliphatic rings. The molecule has 0 radical (unpaired) electrons. The second-order valence-corrected chi connectivity index (χ2v) is 5.42. The van der Waals surface area contributed by atoms with E-state index in [1.54, 1.807) is 0 Å². The molecule has 0 amide bonds. The molecule has 0 bridgehead atoms. The van der Waals surface area contributed by atoms with E-state index in [0.717, 1.165) is 29.5 Å². The number of morpholine rings is 1. The summed E-state index contributed by atoms with van der Waals surface area (Å²) in [5.41, 5.74) is 0.428. The van der Waals surface area contributed by atoms with Gasteiger partial charge in [0.25, 0.3) is 0 Å². The standard InChI is InChI=1S/C12H18N2O3S/c1-4-9-7-14(5-6-17-9)12-13-10(8(2)18-12)11(15)16-3/h9H,4-7H2,1-3H3. The highest BCUT2D eigenvalue weighted by Crippen LogP contribution is 2.27. The van der Waals surface area contributed by atoms with Crippen LogP contribution in [0.5, 0.6) is 0 Å². The second kappa shape index (κ2) is 5.67. The highest BCUT2D eigenvalue weighted by molar-refractivity contribution is 7.15. The van der Waals surface area contributed by atoms with E-state index in [1.165, 1.54) is 18.4 Å². The lowest BCUT2D eigenvalue weighted by Gasteiger charge is -2.32. The van der Waals surface area contributed by atoms with Crippen molar-refractivity contribution < 1.29 is 14.3 Å². The van der Waals surface area contributed by atoms with Gasteiger partial charge in [0.2, 0.25) is 0 Å². The molecule has 2 heterocycles. The summed E-state index contributed by atoms with van der Waals surface area (Å²) in [7, 11) is 1.38. The van der Waals surface area contributed by atoms with E-state index < -0.39 is 0 Å². The Kier molecular flexibility index (Phi) is 4.19. The zero-order chi connectivity index (χ0) is 13.1. The molecular weight excluding hydrogens is 252 g/mol. The number of hydrogen-bond donors (Lipinski definition) is 0. The summed E-state index contributed by atoms with van der Waals surface area (Å²) in [5.74, 6) is -0.365. The predicted octanol–water partition coefficient (Wildman–Crippen LogP) is 1.85. The third-order valence-corrected chi connectivity index (χ3v) is 4.06. The molecule has 1 saturated heterocycles. The molecular formula is C12H18N2O3S. The number of thiazole rings is 1. The number of aryl methyl sites for hydroxylation is 1. The molecule has 0 aliphatic carbocycles. The molecule has 0 aromatic carbocycles. The van der Waals surface area contributed by atoms with Gasteiger partial charge in [-0.3, -0.25) is 0 Å². The number of carbonyl (C=O) groups excluding carboxylic acids is 1. The normalized spacial score (nSPS) is 19.9. The smallest absolute Gasteiger partial charge is 0.357 e. The minimum atomic E-state index is -0.365. The summed E-state index contributed by atoms with van der Waals surface area (Å²) in [6.07, 6.45) is 1.24. The summed E-state index contributed by atoms with van der Waals surface area (Å²) < 4.78 is 10.4. The van der Waals surface area contributed by atoms with Crippen molar-refractivity contribution in [3.63, 3.8) is 0 Å². The van der Waals surface area contributed by atoms with Gasteiger partial charge in [-0.2, -0.15) is 0 Å².